The first-order valence-electron chi connectivity index (χ1n) is 6.16. The van der Waals surface area contributed by atoms with Crippen LogP contribution in [0.4, 0.5) is 0 Å². The van der Waals surface area contributed by atoms with Gasteiger partial charge in [0.15, 0.2) is 0 Å². The van der Waals surface area contributed by atoms with Crippen molar-refractivity contribution >= 4 is 0 Å². The lowest BCUT2D eigenvalue weighted by molar-refractivity contribution is 0.185. The van der Waals surface area contributed by atoms with E-state index in [2.05, 4.69) is 59.1 Å². The molecular formula is C14H27N. The zero-order valence-corrected chi connectivity index (χ0v) is 11.2. The van der Waals surface area contributed by atoms with E-state index in [0.29, 0.717) is 16.9 Å². The van der Waals surface area contributed by atoms with E-state index in [-0.39, 0.29) is 0 Å². The molecule has 2 unspecified atom stereocenters. The average Bonchev–Trinajstić information content (AvgIpc) is 2.01. The molecule has 0 spiro atoms. The molecule has 1 aliphatic heterocycles. The first kappa shape index (κ1) is 12.6. The molecule has 0 bridgehead atoms. The molecule has 0 aromatic heterocycles. The number of nitrogens with one attached hydrogen (secondary N) is 1. The van der Waals surface area contributed by atoms with Gasteiger partial charge in [0.05, 0.1) is 0 Å². The first-order valence-corrected chi connectivity index (χ1v) is 6.16. The second kappa shape index (κ2) is 4.19. The summed E-state index contributed by atoms with van der Waals surface area (Å²) in [4.78, 5) is 0. The molecule has 1 heterocycles. The van der Waals surface area contributed by atoms with Gasteiger partial charge in [0.25, 0.3) is 0 Å². The van der Waals surface area contributed by atoms with Gasteiger partial charge in [-0.25, -0.2) is 0 Å². The highest BCUT2D eigenvalue weighted by molar-refractivity contribution is 4.99. The highest BCUT2D eigenvalue weighted by Crippen LogP contribution is 2.40. The zero-order valence-electron chi connectivity index (χ0n) is 11.2. The summed E-state index contributed by atoms with van der Waals surface area (Å²) in [5.41, 5.74) is 0.744. The molecule has 0 aliphatic carbocycles. The molecule has 0 amide bonds. The molecule has 88 valence electrons. The Bertz CT molecular complexity index is 238. The summed E-state index contributed by atoms with van der Waals surface area (Å²) in [6, 6.07) is 0.578. The molecule has 0 aromatic carbocycles. The van der Waals surface area contributed by atoms with Gasteiger partial charge in [0.1, 0.15) is 0 Å². The average molecular weight is 209 g/mol. The lowest BCUT2D eigenvalue weighted by atomic mass is 9.71. The fourth-order valence-electron chi connectivity index (χ4n) is 3.00. The molecule has 1 heteroatoms. The summed E-state index contributed by atoms with van der Waals surface area (Å²) in [6.45, 7) is 14.1. The lowest BCUT2D eigenvalue weighted by Crippen LogP contribution is -2.31. The van der Waals surface area contributed by atoms with E-state index in [1.54, 1.807) is 0 Å². The van der Waals surface area contributed by atoms with E-state index in [0.717, 1.165) is 5.92 Å². The molecular weight excluding hydrogens is 182 g/mol. The molecule has 1 aliphatic rings. The first-order chi connectivity index (χ1) is 6.72. The number of hydrogen-bond acceptors (Lipinski definition) is 1. The summed E-state index contributed by atoms with van der Waals surface area (Å²) in [5.74, 6) is 0.735. The summed E-state index contributed by atoms with van der Waals surface area (Å²) in [6.07, 6.45) is 7.04. The summed E-state index contributed by atoms with van der Waals surface area (Å²) in [7, 11) is 0. The smallest absolute Gasteiger partial charge is 0.0253 e. The van der Waals surface area contributed by atoms with E-state index in [1.165, 1.54) is 12.8 Å². The van der Waals surface area contributed by atoms with Crippen LogP contribution in [0, 0.1) is 16.7 Å². The van der Waals surface area contributed by atoms with Gasteiger partial charge in [-0.05, 0) is 42.7 Å². The van der Waals surface area contributed by atoms with Crippen molar-refractivity contribution in [1.29, 1.82) is 0 Å². The van der Waals surface area contributed by atoms with Crippen molar-refractivity contribution in [2.24, 2.45) is 16.7 Å². The maximum atomic E-state index is 3.49. The summed E-state index contributed by atoms with van der Waals surface area (Å²) in [5, 5.41) is 3.49. The van der Waals surface area contributed by atoms with Crippen molar-refractivity contribution in [2.75, 3.05) is 0 Å². The van der Waals surface area contributed by atoms with Crippen LogP contribution in [-0.2, 0) is 0 Å². The molecule has 1 rings (SSSR count). The third-order valence-electron chi connectivity index (χ3n) is 3.56. The van der Waals surface area contributed by atoms with Crippen LogP contribution in [0.3, 0.4) is 0 Å². The molecule has 0 saturated heterocycles. The standard InChI is InChI=1S/C14H27N/c1-11-9-14(5,6)10-13(3,4)7-8-15-12(11)2/h7-8,11-12,15H,9-10H2,1-6H3/b8-7-. The number of allylic oxidation sites excluding steroid dienone is 1. The van der Waals surface area contributed by atoms with Crippen molar-refractivity contribution in [3.8, 4) is 0 Å². The predicted molar refractivity (Wildman–Crippen MR) is 67.7 cm³/mol. The minimum absolute atomic E-state index is 0.306. The van der Waals surface area contributed by atoms with Gasteiger partial charge < -0.3 is 5.32 Å². The monoisotopic (exact) mass is 209 g/mol. The Hall–Kier alpha value is -0.460. The van der Waals surface area contributed by atoms with Gasteiger partial charge >= 0.3 is 0 Å². The fourth-order valence-corrected chi connectivity index (χ4v) is 3.00. The molecule has 1 N–H and O–H groups in total. The second-order valence-corrected chi connectivity index (χ2v) is 6.80. The van der Waals surface area contributed by atoms with Crippen molar-refractivity contribution in [1.82, 2.24) is 5.32 Å². The quantitative estimate of drug-likeness (QED) is 0.637. The zero-order chi connectivity index (χ0) is 11.7. The van der Waals surface area contributed by atoms with Gasteiger partial charge in [0, 0.05) is 6.04 Å². The van der Waals surface area contributed by atoms with Gasteiger partial charge in [-0.3, -0.25) is 0 Å². The second-order valence-electron chi connectivity index (χ2n) is 6.80. The van der Waals surface area contributed by atoms with Gasteiger partial charge in [-0.1, -0.05) is 40.7 Å². The molecule has 0 aromatic rings. The van der Waals surface area contributed by atoms with Gasteiger partial charge in [-0.15, -0.1) is 0 Å². The molecule has 1 nitrogen and oxygen atoms in total. The Balaban J connectivity index is 2.86. The molecule has 0 radical (unpaired) electrons. The largest absolute Gasteiger partial charge is 0.388 e. The minimum atomic E-state index is 0.306. The van der Waals surface area contributed by atoms with Crippen LogP contribution in [0.5, 0.6) is 0 Å². The lowest BCUT2D eigenvalue weighted by Gasteiger charge is -2.35. The van der Waals surface area contributed by atoms with Crippen molar-refractivity contribution in [3.63, 3.8) is 0 Å². The Labute approximate surface area is 95.3 Å². The van der Waals surface area contributed by atoms with E-state index in [1.807, 2.05) is 0 Å². The van der Waals surface area contributed by atoms with E-state index in [9.17, 15) is 0 Å². The van der Waals surface area contributed by atoms with Crippen molar-refractivity contribution in [3.05, 3.63) is 12.3 Å². The van der Waals surface area contributed by atoms with Crippen LogP contribution in [0.2, 0.25) is 0 Å². The summed E-state index contributed by atoms with van der Waals surface area (Å²) < 4.78 is 0. The molecule has 15 heavy (non-hydrogen) atoms. The Kier molecular flexibility index (Phi) is 3.52. The van der Waals surface area contributed by atoms with E-state index in [4.69, 9.17) is 0 Å². The van der Waals surface area contributed by atoms with Gasteiger partial charge in [0.2, 0.25) is 0 Å². The van der Waals surface area contributed by atoms with Crippen LogP contribution in [-0.4, -0.2) is 6.04 Å². The van der Waals surface area contributed by atoms with Crippen molar-refractivity contribution in [2.45, 2.75) is 60.4 Å². The predicted octanol–water partition coefficient (Wildman–Crippen LogP) is 3.96. The Morgan fingerprint density at radius 2 is 1.73 bits per heavy atom. The van der Waals surface area contributed by atoms with Crippen LogP contribution < -0.4 is 5.32 Å². The van der Waals surface area contributed by atoms with Gasteiger partial charge in [-0.2, -0.15) is 0 Å². The Morgan fingerprint density at radius 1 is 1.13 bits per heavy atom. The van der Waals surface area contributed by atoms with Crippen LogP contribution in [0.15, 0.2) is 12.3 Å². The third-order valence-corrected chi connectivity index (χ3v) is 3.56. The highest BCUT2D eigenvalue weighted by Gasteiger charge is 2.30. The molecule has 0 fully saturated rings. The number of rotatable bonds is 0. The van der Waals surface area contributed by atoms with Crippen LogP contribution in [0.1, 0.15) is 54.4 Å². The molecule has 0 saturated carbocycles. The number of hydrogen-bond donors (Lipinski definition) is 1. The highest BCUT2D eigenvalue weighted by atomic mass is 14.9. The normalized spacial score (nSPS) is 36.9. The third kappa shape index (κ3) is 3.89. The van der Waals surface area contributed by atoms with E-state index >= 15 is 0 Å². The Morgan fingerprint density at radius 3 is 2.33 bits per heavy atom. The topological polar surface area (TPSA) is 12.0 Å². The summed E-state index contributed by atoms with van der Waals surface area (Å²) >= 11 is 0. The van der Waals surface area contributed by atoms with Crippen LogP contribution in [0.25, 0.3) is 0 Å². The maximum Gasteiger partial charge on any atom is 0.0253 e. The van der Waals surface area contributed by atoms with Crippen molar-refractivity contribution < 1.29 is 0 Å². The SMILES string of the molecule is CC1CC(C)(C)CC(C)(C)/C=C\NC1C. The van der Waals surface area contributed by atoms with E-state index < -0.39 is 0 Å². The molecule has 2 atom stereocenters. The minimum Gasteiger partial charge on any atom is -0.388 e. The van der Waals surface area contributed by atoms with Crippen LogP contribution >= 0.6 is 0 Å². The fraction of sp³-hybridized carbons (Fsp3) is 0.857. The maximum absolute atomic E-state index is 3.49.